The van der Waals surface area contributed by atoms with Gasteiger partial charge in [0.25, 0.3) is 5.89 Å². The van der Waals surface area contributed by atoms with Crippen molar-refractivity contribution in [1.29, 1.82) is 0 Å². The first-order valence-corrected chi connectivity index (χ1v) is 7.08. The van der Waals surface area contributed by atoms with Crippen LogP contribution in [0.15, 0.2) is 10.7 Å². The summed E-state index contributed by atoms with van der Waals surface area (Å²) >= 11 is 0. The molecule has 0 radical (unpaired) electrons. The summed E-state index contributed by atoms with van der Waals surface area (Å²) in [5.74, 6) is 1.31. The second-order valence-electron chi connectivity index (χ2n) is 5.08. The Morgan fingerprint density at radius 3 is 2.85 bits per heavy atom. The summed E-state index contributed by atoms with van der Waals surface area (Å²) in [7, 11) is 0. The molecule has 108 valence electrons. The molecule has 0 spiro atoms. The van der Waals surface area contributed by atoms with E-state index in [1.54, 1.807) is 6.20 Å². The van der Waals surface area contributed by atoms with E-state index in [4.69, 9.17) is 4.52 Å². The van der Waals surface area contributed by atoms with E-state index in [-0.39, 0.29) is 6.04 Å². The number of aromatic amines is 1. The Bertz CT molecular complexity index is 557. The van der Waals surface area contributed by atoms with E-state index >= 15 is 0 Å². The molecule has 2 N–H and O–H groups in total. The zero-order valence-corrected chi connectivity index (χ0v) is 11.9. The molecule has 7 nitrogen and oxygen atoms in total. The van der Waals surface area contributed by atoms with Gasteiger partial charge in [-0.2, -0.15) is 10.1 Å². The second-order valence-corrected chi connectivity index (χ2v) is 5.08. The van der Waals surface area contributed by atoms with Crippen LogP contribution >= 0.6 is 0 Å². The van der Waals surface area contributed by atoms with Crippen LogP contribution in [0.2, 0.25) is 0 Å². The van der Waals surface area contributed by atoms with E-state index in [9.17, 15) is 0 Å². The summed E-state index contributed by atoms with van der Waals surface area (Å²) in [6, 6.07) is 0.224. The number of hydrogen-bond donors (Lipinski definition) is 2. The highest BCUT2D eigenvalue weighted by atomic mass is 16.5. The molecule has 1 saturated heterocycles. The minimum absolute atomic E-state index is 0.224. The third-order valence-electron chi connectivity index (χ3n) is 3.78. The molecule has 3 rings (SSSR count). The molecule has 1 aliphatic heterocycles. The minimum Gasteiger partial charge on any atom is -0.334 e. The minimum atomic E-state index is 0.224. The normalized spacial score (nSPS) is 18.3. The van der Waals surface area contributed by atoms with E-state index in [2.05, 4.69) is 37.5 Å². The van der Waals surface area contributed by atoms with Gasteiger partial charge in [0.1, 0.15) is 0 Å². The van der Waals surface area contributed by atoms with Crippen LogP contribution in [-0.4, -0.2) is 51.4 Å². The van der Waals surface area contributed by atoms with Gasteiger partial charge in [-0.25, -0.2) is 0 Å². The lowest BCUT2D eigenvalue weighted by Crippen LogP contribution is -2.45. The first-order chi connectivity index (χ1) is 9.79. The topological polar surface area (TPSA) is 82.9 Å². The van der Waals surface area contributed by atoms with Crippen molar-refractivity contribution in [1.82, 2.24) is 30.6 Å². The summed E-state index contributed by atoms with van der Waals surface area (Å²) < 4.78 is 5.40. The molecule has 0 saturated carbocycles. The standard InChI is InChI=1S/C13H20N6O/c1-3-11(19-6-4-14-5-7-19)12-16-13(20-18-12)10-8-15-17-9(10)2/h8,11,14H,3-7H2,1-2H3,(H,15,17). The van der Waals surface area contributed by atoms with E-state index in [1.807, 2.05) is 6.92 Å². The number of piperazine rings is 1. The van der Waals surface area contributed by atoms with Crippen LogP contribution in [0.5, 0.6) is 0 Å². The third-order valence-corrected chi connectivity index (χ3v) is 3.78. The van der Waals surface area contributed by atoms with Crippen LogP contribution in [0.25, 0.3) is 11.5 Å². The third kappa shape index (κ3) is 2.46. The number of nitrogens with one attached hydrogen (secondary N) is 2. The average Bonchev–Trinajstić information content (AvgIpc) is 3.10. The molecule has 7 heteroatoms. The fourth-order valence-electron chi connectivity index (χ4n) is 2.64. The van der Waals surface area contributed by atoms with Crippen molar-refractivity contribution in [3.63, 3.8) is 0 Å². The van der Waals surface area contributed by atoms with Crippen LogP contribution in [-0.2, 0) is 0 Å². The lowest BCUT2D eigenvalue weighted by Gasteiger charge is -2.32. The predicted molar refractivity (Wildman–Crippen MR) is 74.1 cm³/mol. The Labute approximate surface area is 117 Å². The number of nitrogens with zero attached hydrogens (tertiary/aromatic N) is 4. The lowest BCUT2D eigenvalue weighted by molar-refractivity contribution is 0.160. The molecular formula is C13H20N6O. The fraction of sp³-hybridized carbons (Fsp3) is 0.615. The predicted octanol–water partition coefficient (Wildman–Crippen LogP) is 1.12. The number of H-pyrrole nitrogens is 1. The molecule has 0 aliphatic carbocycles. The highest BCUT2D eigenvalue weighted by Crippen LogP contribution is 2.25. The quantitative estimate of drug-likeness (QED) is 0.871. The average molecular weight is 276 g/mol. The molecule has 1 fully saturated rings. The van der Waals surface area contributed by atoms with Crippen molar-refractivity contribution in [2.75, 3.05) is 26.2 Å². The Balaban J connectivity index is 1.82. The van der Waals surface area contributed by atoms with Gasteiger partial charge < -0.3 is 9.84 Å². The second kappa shape index (κ2) is 5.72. The Morgan fingerprint density at radius 2 is 2.20 bits per heavy atom. The van der Waals surface area contributed by atoms with E-state index < -0.39 is 0 Å². The molecule has 3 heterocycles. The largest absolute Gasteiger partial charge is 0.334 e. The smallest absolute Gasteiger partial charge is 0.261 e. The van der Waals surface area contributed by atoms with Gasteiger partial charge >= 0.3 is 0 Å². The number of rotatable bonds is 4. The zero-order valence-electron chi connectivity index (χ0n) is 11.9. The summed E-state index contributed by atoms with van der Waals surface area (Å²) in [5.41, 5.74) is 1.81. The van der Waals surface area contributed by atoms with Gasteiger partial charge in [-0.1, -0.05) is 12.1 Å². The van der Waals surface area contributed by atoms with Crippen molar-refractivity contribution >= 4 is 0 Å². The van der Waals surface area contributed by atoms with Gasteiger partial charge in [0.2, 0.25) is 0 Å². The summed E-state index contributed by atoms with van der Waals surface area (Å²) in [6.45, 7) is 8.18. The molecule has 0 amide bonds. The fourth-order valence-corrected chi connectivity index (χ4v) is 2.64. The van der Waals surface area contributed by atoms with Gasteiger partial charge in [-0.15, -0.1) is 0 Å². The Hall–Kier alpha value is -1.73. The highest BCUT2D eigenvalue weighted by molar-refractivity contribution is 5.54. The molecule has 1 atom stereocenters. The van der Waals surface area contributed by atoms with Crippen molar-refractivity contribution in [3.8, 4) is 11.5 Å². The van der Waals surface area contributed by atoms with Gasteiger partial charge in [0.05, 0.1) is 17.8 Å². The maximum atomic E-state index is 5.40. The molecule has 20 heavy (non-hydrogen) atoms. The monoisotopic (exact) mass is 276 g/mol. The van der Waals surface area contributed by atoms with Crippen LogP contribution in [0.3, 0.4) is 0 Å². The van der Waals surface area contributed by atoms with E-state index in [0.29, 0.717) is 5.89 Å². The first kappa shape index (κ1) is 13.3. The number of aryl methyl sites for hydroxylation is 1. The summed E-state index contributed by atoms with van der Waals surface area (Å²) in [5, 5.41) is 14.4. The van der Waals surface area contributed by atoms with Crippen LogP contribution in [0, 0.1) is 6.92 Å². The van der Waals surface area contributed by atoms with Gasteiger partial charge in [-0.05, 0) is 13.3 Å². The maximum Gasteiger partial charge on any atom is 0.261 e. The molecule has 2 aromatic rings. The Kier molecular flexibility index (Phi) is 3.79. The van der Waals surface area contributed by atoms with Crippen LogP contribution < -0.4 is 5.32 Å². The summed E-state index contributed by atoms with van der Waals surface area (Å²) in [6.07, 6.45) is 2.70. The van der Waals surface area contributed by atoms with E-state index in [1.165, 1.54) is 0 Å². The van der Waals surface area contributed by atoms with Gasteiger partial charge in [0.15, 0.2) is 5.82 Å². The van der Waals surface area contributed by atoms with Crippen molar-refractivity contribution in [2.45, 2.75) is 26.3 Å². The summed E-state index contributed by atoms with van der Waals surface area (Å²) in [4.78, 5) is 6.97. The Morgan fingerprint density at radius 1 is 1.40 bits per heavy atom. The van der Waals surface area contributed by atoms with Gasteiger partial charge in [0, 0.05) is 31.9 Å². The number of aromatic nitrogens is 4. The highest BCUT2D eigenvalue weighted by Gasteiger charge is 2.25. The number of hydrogen-bond acceptors (Lipinski definition) is 6. The van der Waals surface area contributed by atoms with E-state index in [0.717, 1.165) is 49.7 Å². The zero-order chi connectivity index (χ0) is 13.9. The molecule has 0 aromatic carbocycles. The molecule has 1 unspecified atom stereocenters. The van der Waals surface area contributed by atoms with Gasteiger partial charge in [-0.3, -0.25) is 10.00 Å². The maximum absolute atomic E-state index is 5.40. The molecule has 1 aliphatic rings. The molecule has 0 bridgehead atoms. The first-order valence-electron chi connectivity index (χ1n) is 7.08. The van der Waals surface area contributed by atoms with Crippen molar-refractivity contribution < 1.29 is 4.52 Å². The van der Waals surface area contributed by atoms with Crippen LogP contribution in [0.1, 0.15) is 30.9 Å². The lowest BCUT2D eigenvalue weighted by atomic mass is 10.1. The molecular weight excluding hydrogens is 256 g/mol. The van der Waals surface area contributed by atoms with Crippen molar-refractivity contribution in [3.05, 3.63) is 17.7 Å². The van der Waals surface area contributed by atoms with Crippen LogP contribution in [0.4, 0.5) is 0 Å². The van der Waals surface area contributed by atoms with Crippen molar-refractivity contribution in [2.24, 2.45) is 0 Å². The SMILES string of the molecule is CCC(c1noc(-c2cn[nH]c2C)n1)N1CCNCC1. The molecule has 2 aromatic heterocycles.